The highest BCUT2D eigenvalue weighted by Gasteiger charge is 2.15. The van der Waals surface area contributed by atoms with E-state index >= 15 is 0 Å². The van der Waals surface area contributed by atoms with E-state index in [1.165, 1.54) is 0 Å². The average molecular weight is 299 g/mol. The van der Waals surface area contributed by atoms with Crippen LogP contribution in [0.3, 0.4) is 0 Å². The van der Waals surface area contributed by atoms with Crippen LogP contribution >= 0.6 is 11.3 Å². The SMILES string of the molecule is c1csc(-c2cc(NC3CCNCC3)nc3[nH]ccc23)n1. The summed E-state index contributed by atoms with van der Waals surface area (Å²) in [5, 5.41) is 11.1. The largest absolute Gasteiger partial charge is 0.367 e. The van der Waals surface area contributed by atoms with Crippen LogP contribution in [0.5, 0.6) is 0 Å². The Morgan fingerprint density at radius 3 is 3.00 bits per heavy atom. The molecule has 0 unspecified atom stereocenters. The molecule has 108 valence electrons. The van der Waals surface area contributed by atoms with Crippen LogP contribution in [0.25, 0.3) is 21.6 Å². The minimum Gasteiger partial charge on any atom is -0.367 e. The molecule has 5 nitrogen and oxygen atoms in total. The number of thiazole rings is 1. The lowest BCUT2D eigenvalue weighted by molar-refractivity contribution is 0.478. The van der Waals surface area contributed by atoms with Crippen LogP contribution < -0.4 is 10.6 Å². The topological polar surface area (TPSA) is 65.6 Å². The van der Waals surface area contributed by atoms with Crippen LogP contribution in [-0.2, 0) is 0 Å². The second-order valence-corrected chi connectivity index (χ2v) is 6.20. The van der Waals surface area contributed by atoms with E-state index in [1.807, 2.05) is 17.8 Å². The first kappa shape index (κ1) is 12.8. The second-order valence-electron chi connectivity index (χ2n) is 5.30. The second kappa shape index (κ2) is 5.46. The first-order valence-corrected chi connectivity index (χ1v) is 8.13. The molecular weight excluding hydrogens is 282 g/mol. The van der Waals surface area contributed by atoms with Gasteiger partial charge in [0, 0.05) is 34.8 Å². The Morgan fingerprint density at radius 1 is 1.29 bits per heavy atom. The normalized spacial score (nSPS) is 16.4. The van der Waals surface area contributed by atoms with Crippen molar-refractivity contribution in [2.45, 2.75) is 18.9 Å². The molecule has 0 radical (unpaired) electrons. The average Bonchev–Trinajstić information content (AvgIpc) is 3.19. The van der Waals surface area contributed by atoms with E-state index in [4.69, 9.17) is 0 Å². The maximum absolute atomic E-state index is 4.69. The van der Waals surface area contributed by atoms with Gasteiger partial charge in [0.1, 0.15) is 16.5 Å². The Morgan fingerprint density at radius 2 is 2.19 bits per heavy atom. The van der Waals surface area contributed by atoms with Gasteiger partial charge in [0.25, 0.3) is 0 Å². The third-order valence-electron chi connectivity index (χ3n) is 3.88. The van der Waals surface area contributed by atoms with Crippen LogP contribution in [-0.4, -0.2) is 34.1 Å². The summed E-state index contributed by atoms with van der Waals surface area (Å²) < 4.78 is 0. The van der Waals surface area contributed by atoms with E-state index in [-0.39, 0.29) is 0 Å². The van der Waals surface area contributed by atoms with Crippen molar-refractivity contribution >= 4 is 28.2 Å². The third kappa shape index (κ3) is 2.52. The quantitative estimate of drug-likeness (QED) is 0.696. The minimum absolute atomic E-state index is 0.496. The van der Waals surface area contributed by atoms with Crippen LogP contribution in [0.15, 0.2) is 29.9 Å². The fourth-order valence-electron chi connectivity index (χ4n) is 2.82. The summed E-state index contributed by atoms with van der Waals surface area (Å²) in [5.74, 6) is 0.932. The van der Waals surface area contributed by atoms with Crippen molar-refractivity contribution in [3.05, 3.63) is 29.9 Å². The predicted molar refractivity (Wildman–Crippen MR) is 86.7 cm³/mol. The smallest absolute Gasteiger partial charge is 0.140 e. The number of aromatic amines is 1. The maximum atomic E-state index is 4.69. The molecule has 4 rings (SSSR count). The number of piperidine rings is 1. The number of nitrogens with one attached hydrogen (secondary N) is 3. The Kier molecular flexibility index (Phi) is 3.33. The van der Waals surface area contributed by atoms with Gasteiger partial charge < -0.3 is 15.6 Å². The van der Waals surface area contributed by atoms with Gasteiger partial charge in [0.05, 0.1) is 0 Å². The summed E-state index contributed by atoms with van der Waals surface area (Å²) >= 11 is 1.66. The van der Waals surface area contributed by atoms with Crippen molar-refractivity contribution in [3.8, 4) is 10.6 Å². The molecule has 0 bridgehead atoms. The van der Waals surface area contributed by atoms with E-state index in [0.29, 0.717) is 6.04 Å². The van der Waals surface area contributed by atoms with Crippen molar-refractivity contribution < 1.29 is 0 Å². The number of aromatic nitrogens is 3. The minimum atomic E-state index is 0.496. The molecule has 3 N–H and O–H groups in total. The standard InChI is InChI=1S/C15H17N5S/c1-4-16-5-2-10(1)19-13-9-12(15-18-7-8-21-15)11-3-6-17-14(11)20-13/h3,6-10,16H,1-2,4-5H2,(H2,17,19,20). The fourth-order valence-corrected chi connectivity index (χ4v) is 3.49. The highest BCUT2D eigenvalue weighted by Crippen LogP contribution is 2.31. The molecule has 0 saturated carbocycles. The zero-order valence-corrected chi connectivity index (χ0v) is 12.4. The highest BCUT2D eigenvalue weighted by molar-refractivity contribution is 7.13. The van der Waals surface area contributed by atoms with Crippen LogP contribution in [0.1, 0.15) is 12.8 Å². The summed E-state index contributed by atoms with van der Waals surface area (Å²) in [6.45, 7) is 2.14. The molecule has 0 spiro atoms. The predicted octanol–water partition coefficient (Wildman–Crippen LogP) is 2.85. The molecule has 1 saturated heterocycles. The molecular formula is C15H17N5S. The van der Waals surface area contributed by atoms with Crippen LogP contribution in [0, 0.1) is 0 Å². The Balaban J connectivity index is 1.72. The van der Waals surface area contributed by atoms with Crippen molar-refractivity contribution in [2.24, 2.45) is 0 Å². The molecule has 6 heteroatoms. The molecule has 0 amide bonds. The summed E-state index contributed by atoms with van der Waals surface area (Å²) in [7, 11) is 0. The summed E-state index contributed by atoms with van der Waals surface area (Å²) in [4.78, 5) is 12.3. The van der Waals surface area contributed by atoms with Crippen molar-refractivity contribution in [1.82, 2.24) is 20.3 Å². The summed E-state index contributed by atoms with van der Waals surface area (Å²) in [6.07, 6.45) is 6.05. The highest BCUT2D eigenvalue weighted by atomic mass is 32.1. The molecule has 4 heterocycles. The molecule has 3 aromatic heterocycles. The van der Waals surface area contributed by atoms with Crippen molar-refractivity contribution in [1.29, 1.82) is 0 Å². The van der Waals surface area contributed by atoms with Gasteiger partial charge in [-0.2, -0.15) is 0 Å². The summed E-state index contributed by atoms with van der Waals surface area (Å²) in [5.41, 5.74) is 2.06. The monoisotopic (exact) mass is 299 g/mol. The number of H-pyrrole nitrogens is 1. The summed E-state index contributed by atoms with van der Waals surface area (Å²) in [6, 6.07) is 4.68. The number of rotatable bonds is 3. The molecule has 21 heavy (non-hydrogen) atoms. The number of anilines is 1. The lowest BCUT2D eigenvalue weighted by Crippen LogP contribution is -2.35. The molecule has 1 aliphatic heterocycles. The van der Waals surface area contributed by atoms with Gasteiger partial charge >= 0.3 is 0 Å². The van der Waals surface area contributed by atoms with Gasteiger partial charge in [-0.3, -0.25) is 0 Å². The number of hydrogen-bond acceptors (Lipinski definition) is 5. The first-order chi connectivity index (χ1) is 10.4. The Bertz CT molecular complexity index is 728. The number of fused-ring (bicyclic) bond motifs is 1. The first-order valence-electron chi connectivity index (χ1n) is 7.25. The Hall–Kier alpha value is -1.92. The lowest BCUT2D eigenvalue weighted by atomic mass is 10.1. The molecule has 0 aliphatic carbocycles. The van der Waals surface area contributed by atoms with Gasteiger partial charge in [0.15, 0.2) is 0 Å². The van der Waals surface area contributed by atoms with E-state index in [1.54, 1.807) is 11.3 Å². The van der Waals surface area contributed by atoms with E-state index in [9.17, 15) is 0 Å². The molecule has 0 atom stereocenters. The number of hydrogen-bond donors (Lipinski definition) is 3. The molecule has 1 fully saturated rings. The molecule has 0 aromatic carbocycles. The van der Waals surface area contributed by atoms with E-state index in [0.717, 1.165) is 53.4 Å². The van der Waals surface area contributed by atoms with Gasteiger partial charge in [-0.15, -0.1) is 11.3 Å². The third-order valence-corrected chi connectivity index (χ3v) is 4.69. The Labute approximate surface area is 126 Å². The van der Waals surface area contributed by atoms with Crippen LogP contribution in [0.2, 0.25) is 0 Å². The zero-order chi connectivity index (χ0) is 14.1. The molecule has 1 aliphatic rings. The molecule has 3 aromatic rings. The van der Waals surface area contributed by atoms with Gasteiger partial charge in [-0.05, 0) is 38.1 Å². The van der Waals surface area contributed by atoms with Gasteiger partial charge in [-0.25, -0.2) is 9.97 Å². The lowest BCUT2D eigenvalue weighted by Gasteiger charge is -2.24. The number of nitrogens with zero attached hydrogens (tertiary/aromatic N) is 2. The van der Waals surface area contributed by atoms with Crippen molar-refractivity contribution in [3.63, 3.8) is 0 Å². The fraction of sp³-hybridized carbons (Fsp3) is 0.333. The number of pyridine rings is 1. The van der Waals surface area contributed by atoms with Gasteiger partial charge in [-0.1, -0.05) is 0 Å². The van der Waals surface area contributed by atoms with Crippen molar-refractivity contribution in [2.75, 3.05) is 18.4 Å². The van der Waals surface area contributed by atoms with Crippen LogP contribution in [0.4, 0.5) is 5.82 Å². The van der Waals surface area contributed by atoms with Gasteiger partial charge in [0.2, 0.25) is 0 Å². The maximum Gasteiger partial charge on any atom is 0.140 e. The zero-order valence-electron chi connectivity index (χ0n) is 11.6. The van der Waals surface area contributed by atoms with E-state index in [2.05, 4.69) is 37.7 Å². The van der Waals surface area contributed by atoms with E-state index < -0.39 is 0 Å².